The van der Waals surface area contributed by atoms with Crippen LogP contribution in [0.2, 0.25) is 0 Å². The van der Waals surface area contributed by atoms with E-state index < -0.39 is 0 Å². The summed E-state index contributed by atoms with van der Waals surface area (Å²) in [5, 5.41) is 0. The Morgan fingerprint density at radius 2 is 1.16 bits per heavy atom. The number of rotatable bonds is 2. The lowest BCUT2D eigenvalue weighted by Gasteiger charge is -2.41. The molecule has 0 unspecified atom stereocenters. The SMILES string of the molecule is CN1CCC(c2ccccc2)(c2ccccc2)CC1. The van der Waals surface area contributed by atoms with Crippen LogP contribution in [0.5, 0.6) is 0 Å². The summed E-state index contributed by atoms with van der Waals surface area (Å²) in [5.74, 6) is 0. The minimum atomic E-state index is 0.203. The molecule has 98 valence electrons. The van der Waals surface area contributed by atoms with Gasteiger partial charge in [0.15, 0.2) is 0 Å². The van der Waals surface area contributed by atoms with Gasteiger partial charge in [-0.25, -0.2) is 0 Å². The zero-order valence-electron chi connectivity index (χ0n) is 11.5. The Labute approximate surface area is 115 Å². The van der Waals surface area contributed by atoms with E-state index in [9.17, 15) is 0 Å². The van der Waals surface area contributed by atoms with Gasteiger partial charge in [0, 0.05) is 5.41 Å². The molecule has 1 nitrogen and oxygen atoms in total. The molecule has 0 bridgehead atoms. The van der Waals surface area contributed by atoms with Crippen molar-refractivity contribution in [1.29, 1.82) is 0 Å². The minimum absolute atomic E-state index is 0.203. The molecule has 0 saturated carbocycles. The monoisotopic (exact) mass is 251 g/mol. The summed E-state index contributed by atoms with van der Waals surface area (Å²) >= 11 is 0. The molecule has 19 heavy (non-hydrogen) atoms. The number of piperidine rings is 1. The average Bonchev–Trinajstić information content (AvgIpc) is 2.50. The van der Waals surface area contributed by atoms with Gasteiger partial charge in [-0.2, -0.15) is 0 Å². The fourth-order valence-corrected chi connectivity index (χ4v) is 3.26. The first-order valence-electron chi connectivity index (χ1n) is 7.11. The highest BCUT2D eigenvalue weighted by Gasteiger charge is 2.36. The largest absolute Gasteiger partial charge is 0.306 e. The van der Waals surface area contributed by atoms with Crippen LogP contribution in [0.1, 0.15) is 24.0 Å². The highest BCUT2D eigenvalue weighted by molar-refractivity contribution is 5.39. The lowest BCUT2D eigenvalue weighted by molar-refractivity contribution is 0.213. The molecule has 0 radical (unpaired) electrons. The summed E-state index contributed by atoms with van der Waals surface area (Å²) in [6.07, 6.45) is 2.41. The second kappa shape index (κ2) is 5.18. The van der Waals surface area contributed by atoms with Gasteiger partial charge in [-0.05, 0) is 44.1 Å². The van der Waals surface area contributed by atoms with Gasteiger partial charge in [0.05, 0.1) is 0 Å². The Hall–Kier alpha value is -1.60. The summed E-state index contributed by atoms with van der Waals surface area (Å²) < 4.78 is 0. The molecule has 1 aliphatic heterocycles. The van der Waals surface area contributed by atoms with E-state index in [0.717, 1.165) is 0 Å². The van der Waals surface area contributed by atoms with Crippen molar-refractivity contribution in [3.8, 4) is 0 Å². The minimum Gasteiger partial charge on any atom is -0.306 e. The molecule has 1 heterocycles. The van der Waals surface area contributed by atoms with Crippen LogP contribution in [-0.4, -0.2) is 25.0 Å². The maximum absolute atomic E-state index is 2.43. The van der Waals surface area contributed by atoms with Crippen LogP contribution >= 0.6 is 0 Å². The molecule has 3 rings (SSSR count). The third-order valence-electron chi connectivity index (χ3n) is 4.49. The molecule has 0 amide bonds. The molecule has 0 atom stereocenters. The second-order valence-electron chi connectivity index (χ2n) is 5.62. The van der Waals surface area contributed by atoms with Crippen LogP contribution in [0.3, 0.4) is 0 Å². The predicted molar refractivity (Wildman–Crippen MR) is 80.4 cm³/mol. The van der Waals surface area contributed by atoms with E-state index in [2.05, 4.69) is 72.6 Å². The lowest BCUT2D eigenvalue weighted by Crippen LogP contribution is -2.41. The highest BCUT2D eigenvalue weighted by atomic mass is 15.1. The second-order valence-corrected chi connectivity index (χ2v) is 5.62. The molecule has 2 aromatic rings. The average molecular weight is 251 g/mol. The zero-order chi connectivity index (χ0) is 13.1. The Morgan fingerprint density at radius 1 is 0.737 bits per heavy atom. The Morgan fingerprint density at radius 3 is 1.58 bits per heavy atom. The van der Waals surface area contributed by atoms with Gasteiger partial charge < -0.3 is 4.90 Å². The standard InChI is InChI=1S/C18H21N/c1-19-14-12-18(13-15-19,16-8-4-2-5-9-16)17-10-6-3-7-11-17/h2-11H,12-15H2,1H3. The highest BCUT2D eigenvalue weighted by Crippen LogP contribution is 2.41. The summed E-state index contributed by atoms with van der Waals surface area (Å²) in [4.78, 5) is 2.43. The molecule has 0 N–H and O–H groups in total. The van der Waals surface area contributed by atoms with E-state index in [0.29, 0.717) is 0 Å². The number of hydrogen-bond donors (Lipinski definition) is 0. The van der Waals surface area contributed by atoms with Gasteiger partial charge in [0.2, 0.25) is 0 Å². The first-order valence-corrected chi connectivity index (χ1v) is 7.11. The molecule has 1 aliphatic rings. The number of hydrogen-bond acceptors (Lipinski definition) is 1. The third kappa shape index (κ3) is 2.31. The fourth-order valence-electron chi connectivity index (χ4n) is 3.26. The lowest BCUT2D eigenvalue weighted by atomic mass is 9.68. The van der Waals surface area contributed by atoms with Crippen molar-refractivity contribution in [1.82, 2.24) is 4.90 Å². The Balaban J connectivity index is 2.06. The van der Waals surface area contributed by atoms with Crippen molar-refractivity contribution in [3.63, 3.8) is 0 Å². The van der Waals surface area contributed by atoms with Crippen molar-refractivity contribution in [2.24, 2.45) is 0 Å². The van der Waals surface area contributed by atoms with Crippen molar-refractivity contribution in [2.75, 3.05) is 20.1 Å². The number of likely N-dealkylation sites (tertiary alicyclic amines) is 1. The molecule has 0 aliphatic carbocycles. The van der Waals surface area contributed by atoms with Crippen molar-refractivity contribution >= 4 is 0 Å². The van der Waals surface area contributed by atoms with E-state index in [4.69, 9.17) is 0 Å². The van der Waals surface area contributed by atoms with E-state index in [1.807, 2.05) is 0 Å². The summed E-state index contributed by atoms with van der Waals surface area (Å²) in [7, 11) is 2.22. The molecule has 1 heteroatoms. The van der Waals surface area contributed by atoms with Gasteiger partial charge in [0.25, 0.3) is 0 Å². The van der Waals surface area contributed by atoms with Crippen LogP contribution in [0.4, 0.5) is 0 Å². The van der Waals surface area contributed by atoms with Crippen LogP contribution in [-0.2, 0) is 5.41 Å². The van der Waals surface area contributed by atoms with Crippen LogP contribution in [0, 0.1) is 0 Å². The van der Waals surface area contributed by atoms with Gasteiger partial charge >= 0.3 is 0 Å². The van der Waals surface area contributed by atoms with Gasteiger partial charge in [-0.3, -0.25) is 0 Å². The van der Waals surface area contributed by atoms with Crippen LogP contribution < -0.4 is 0 Å². The van der Waals surface area contributed by atoms with E-state index in [1.54, 1.807) is 0 Å². The van der Waals surface area contributed by atoms with Gasteiger partial charge in [0.1, 0.15) is 0 Å². The Bertz CT molecular complexity index is 468. The third-order valence-corrected chi connectivity index (χ3v) is 4.49. The molecule has 1 saturated heterocycles. The first-order chi connectivity index (χ1) is 9.31. The molecule has 1 fully saturated rings. The summed E-state index contributed by atoms with van der Waals surface area (Å²) in [5.41, 5.74) is 3.14. The summed E-state index contributed by atoms with van der Waals surface area (Å²) in [6, 6.07) is 22.0. The first kappa shape index (κ1) is 12.4. The van der Waals surface area contributed by atoms with Crippen LogP contribution in [0.15, 0.2) is 60.7 Å². The normalized spacial score (nSPS) is 19.2. The van der Waals surface area contributed by atoms with Crippen LogP contribution in [0.25, 0.3) is 0 Å². The molecule has 2 aromatic carbocycles. The molecule has 0 spiro atoms. The zero-order valence-corrected chi connectivity index (χ0v) is 11.5. The number of benzene rings is 2. The van der Waals surface area contributed by atoms with E-state index >= 15 is 0 Å². The quantitative estimate of drug-likeness (QED) is 0.786. The predicted octanol–water partition coefficient (Wildman–Crippen LogP) is 3.70. The van der Waals surface area contributed by atoms with Crippen molar-refractivity contribution in [3.05, 3.63) is 71.8 Å². The van der Waals surface area contributed by atoms with E-state index in [-0.39, 0.29) is 5.41 Å². The number of nitrogens with zero attached hydrogens (tertiary/aromatic N) is 1. The molecule has 0 aromatic heterocycles. The smallest absolute Gasteiger partial charge is 0.0227 e. The topological polar surface area (TPSA) is 3.24 Å². The molecular formula is C18H21N. The summed E-state index contributed by atoms with van der Waals surface area (Å²) in [6.45, 7) is 2.34. The maximum atomic E-state index is 2.43. The van der Waals surface area contributed by atoms with E-state index in [1.165, 1.54) is 37.1 Å². The van der Waals surface area contributed by atoms with Gasteiger partial charge in [-0.1, -0.05) is 60.7 Å². The van der Waals surface area contributed by atoms with Gasteiger partial charge in [-0.15, -0.1) is 0 Å². The maximum Gasteiger partial charge on any atom is 0.0227 e. The fraction of sp³-hybridized carbons (Fsp3) is 0.333. The van der Waals surface area contributed by atoms with Crippen molar-refractivity contribution in [2.45, 2.75) is 18.3 Å². The van der Waals surface area contributed by atoms with Crippen molar-refractivity contribution < 1.29 is 0 Å². The molecular weight excluding hydrogens is 230 g/mol. The Kier molecular flexibility index (Phi) is 3.39.